The summed E-state index contributed by atoms with van der Waals surface area (Å²) >= 11 is 0. The molecule has 0 radical (unpaired) electrons. The third-order valence-electron chi connectivity index (χ3n) is 6.05. The molecule has 1 aromatic carbocycles. The molecule has 0 saturated heterocycles. The van der Waals surface area contributed by atoms with Gasteiger partial charge in [-0.25, -0.2) is 4.98 Å². The average molecular weight is 420 g/mol. The van der Waals surface area contributed by atoms with E-state index in [0.717, 1.165) is 54.5 Å². The van der Waals surface area contributed by atoms with Gasteiger partial charge in [-0.1, -0.05) is 42.5 Å². The lowest BCUT2D eigenvalue weighted by Crippen LogP contribution is -2.32. The van der Waals surface area contributed by atoms with Gasteiger partial charge in [-0.05, 0) is 69.7 Å². The third-order valence-corrected chi connectivity index (χ3v) is 6.05. The van der Waals surface area contributed by atoms with E-state index < -0.39 is 0 Å². The topological polar surface area (TPSA) is 53.1 Å². The second-order valence-corrected chi connectivity index (χ2v) is 8.73. The molecular formula is C26H37N5. The number of nitrogens with zero attached hydrogens (tertiary/aromatic N) is 3. The highest BCUT2D eigenvalue weighted by Crippen LogP contribution is 2.28. The van der Waals surface area contributed by atoms with Crippen molar-refractivity contribution in [3.8, 4) is 0 Å². The lowest BCUT2D eigenvalue weighted by atomic mass is 9.86. The van der Waals surface area contributed by atoms with Gasteiger partial charge in [0.1, 0.15) is 5.82 Å². The largest absolute Gasteiger partial charge is 0.362 e. The number of hydrogen-bond donors (Lipinski definition) is 2. The van der Waals surface area contributed by atoms with Crippen molar-refractivity contribution in [3.05, 3.63) is 60.2 Å². The van der Waals surface area contributed by atoms with Crippen LogP contribution in [0.4, 0.5) is 11.8 Å². The zero-order valence-corrected chi connectivity index (χ0v) is 19.5. The Morgan fingerprint density at radius 1 is 1.16 bits per heavy atom. The van der Waals surface area contributed by atoms with E-state index in [9.17, 15) is 0 Å². The van der Waals surface area contributed by atoms with Crippen LogP contribution in [0.3, 0.4) is 0 Å². The minimum atomic E-state index is 0.441. The van der Waals surface area contributed by atoms with Crippen molar-refractivity contribution in [3.63, 3.8) is 0 Å². The summed E-state index contributed by atoms with van der Waals surface area (Å²) in [6, 6.07) is 8.65. The Morgan fingerprint density at radius 2 is 1.90 bits per heavy atom. The molecule has 0 aliphatic heterocycles. The van der Waals surface area contributed by atoms with Gasteiger partial charge in [-0.2, -0.15) is 4.98 Å². The quantitative estimate of drug-likeness (QED) is 0.538. The fraction of sp³-hybridized carbons (Fsp3) is 0.462. The Balaban J connectivity index is 1.51. The van der Waals surface area contributed by atoms with Crippen LogP contribution in [0.5, 0.6) is 0 Å². The SMILES string of the molecule is C=C/C(C)=C\C(=C/C)CNC[C@H]1CC[C@@H](Nc2nc(N(C)C)c3ccccc3n2)CC1. The molecule has 3 rings (SSSR count). The predicted molar refractivity (Wildman–Crippen MR) is 134 cm³/mol. The molecule has 1 fully saturated rings. The Bertz CT molecular complexity index is 936. The third kappa shape index (κ3) is 6.41. The van der Waals surface area contributed by atoms with Gasteiger partial charge in [0.25, 0.3) is 0 Å². The first-order chi connectivity index (χ1) is 15.0. The van der Waals surface area contributed by atoms with E-state index in [2.05, 4.69) is 60.2 Å². The summed E-state index contributed by atoms with van der Waals surface area (Å²) in [6.45, 7) is 10.0. The van der Waals surface area contributed by atoms with Crippen molar-refractivity contribution in [2.75, 3.05) is 37.4 Å². The van der Waals surface area contributed by atoms with Crippen LogP contribution in [0, 0.1) is 5.92 Å². The maximum Gasteiger partial charge on any atom is 0.225 e. The van der Waals surface area contributed by atoms with Crippen LogP contribution in [-0.2, 0) is 0 Å². The molecule has 0 atom stereocenters. The van der Waals surface area contributed by atoms with Gasteiger partial charge in [0.05, 0.1) is 5.52 Å². The van der Waals surface area contributed by atoms with Gasteiger partial charge in [-0.3, -0.25) is 0 Å². The first-order valence-electron chi connectivity index (χ1n) is 11.4. The van der Waals surface area contributed by atoms with Gasteiger partial charge in [0.15, 0.2) is 0 Å². The van der Waals surface area contributed by atoms with Crippen molar-refractivity contribution in [1.29, 1.82) is 0 Å². The molecule has 1 aromatic heterocycles. The maximum atomic E-state index is 4.80. The summed E-state index contributed by atoms with van der Waals surface area (Å²) < 4.78 is 0. The van der Waals surface area contributed by atoms with Gasteiger partial charge < -0.3 is 15.5 Å². The fourth-order valence-electron chi connectivity index (χ4n) is 4.17. The van der Waals surface area contributed by atoms with E-state index in [1.807, 2.05) is 32.3 Å². The second-order valence-electron chi connectivity index (χ2n) is 8.73. The van der Waals surface area contributed by atoms with E-state index in [1.54, 1.807) is 0 Å². The molecule has 5 heteroatoms. The molecule has 2 aromatic rings. The summed E-state index contributed by atoms with van der Waals surface area (Å²) in [5.41, 5.74) is 3.51. The minimum Gasteiger partial charge on any atom is -0.362 e. The molecule has 1 aliphatic carbocycles. The van der Waals surface area contributed by atoms with Gasteiger partial charge in [0, 0.05) is 32.1 Å². The normalized spacial score (nSPS) is 20.0. The maximum absolute atomic E-state index is 4.80. The molecule has 2 N–H and O–H groups in total. The van der Waals surface area contributed by atoms with Crippen LogP contribution in [0.15, 0.2) is 60.2 Å². The van der Waals surface area contributed by atoms with E-state index in [1.165, 1.54) is 24.0 Å². The summed E-state index contributed by atoms with van der Waals surface area (Å²) in [5.74, 6) is 2.44. The van der Waals surface area contributed by atoms with Gasteiger partial charge in [0.2, 0.25) is 5.95 Å². The van der Waals surface area contributed by atoms with Crippen LogP contribution in [-0.4, -0.2) is 43.2 Å². The number of benzene rings is 1. The van der Waals surface area contributed by atoms with E-state index in [0.29, 0.717) is 6.04 Å². The first kappa shape index (κ1) is 23.0. The Kier molecular flexibility index (Phi) is 8.24. The summed E-state index contributed by atoms with van der Waals surface area (Å²) in [6.07, 6.45) is 11.0. The standard InChI is InChI=1S/C26H37N5/c1-6-19(3)16-20(7-2)17-27-18-21-12-14-22(15-13-21)28-26-29-24-11-9-8-10-23(24)25(30-26)31(4)5/h6-11,16,21-22,27H,1,12-15,17-18H2,2-5H3,(H,28,29,30)/b19-16-,20-7+/t21-,22+. The summed E-state index contributed by atoms with van der Waals surface area (Å²) in [5, 5.41) is 8.34. The predicted octanol–water partition coefficient (Wildman–Crippen LogP) is 5.33. The number of para-hydroxylation sites is 1. The lowest BCUT2D eigenvalue weighted by Gasteiger charge is -2.29. The minimum absolute atomic E-state index is 0.441. The number of aromatic nitrogens is 2. The number of fused-ring (bicyclic) bond motifs is 1. The average Bonchev–Trinajstić information content (AvgIpc) is 2.78. The van der Waals surface area contributed by atoms with E-state index >= 15 is 0 Å². The number of allylic oxidation sites excluding steroid dienone is 3. The molecule has 5 nitrogen and oxygen atoms in total. The molecule has 1 saturated carbocycles. The van der Waals surface area contributed by atoms with Crippen molar-refractivity contribution >= 4 is 22.7 Å². The number of anilines is 2. The van der Waals surface area contributed by atoms with Crippen LogP contribution < -0.4 is 15.5 Å². The number of rotatable bonds is 9. The molecule has 0 amide bonds. The van der Waals surface area contributed by atoms with Crippen molar-refractivity contribution in [2.24, 2.45) is 5.92 Å². The van der Waals surface area contributed by atoms with Crippen LogP contribution in [0.2, 0.25) is 0 Å². The second kappa shape index (κ2) is 11.1. The Hall–Kier alpha value is -2.66. The summed E-state index contributed by atoms with van der Waals surface area (Å²) in [7, 11) is 4.06. The van der Waals surface area contributed by atoms with E-state index in [4.69, 9.17) is 9.97 Å². The smallest absolute Gasteiger partial charge is 0.225 e. The molecule has 0 spiro atoms. The van der Waals surface area contributed by atoms with E-state index in [-0.39, 0.29) is 0 Å². The van der Waals surface area contributed by atoms with Crippen LogP contribution >= 0.6 is 0 Å². The zero-order chi connectivity index (χ0) is 22.2. The van der Waals surface area contributed by atoms with Crippen molar-refractivity contribution in [2.45, 2.75) is 45.6 Å². The highest BCUT2D eigenvalue weighted by atomic mass is 15.2. The molecular weight excluding hydrogens is 382 g/mol. The zero-order valence-electron chi connectivity index (χ0n) is 19.5. The van der Waals surface area contributed by atoms with Crippen molar-refractivity contribution < 1.29 is 0 Å². The van der Waals surface area contributed by atoms with Crippen molar-refractivity contribution in [1.82, 2.24) is 15.3 Å². The first-order valence-corrected chi connectivity index (χ1v) is 11.4. The molecule has 0 unspecified atom stereocenters. The number of hydrogen-bond acceptors (Lipinski definition) is 5. The van der Waals surface area contributed by atoms with Crippen LogP contribution in [0.1, 0.15) is 39.5 Å². The highest BCUT2D eigenvalue weighted by molar-refractivity contribution is 5.90. The monoisotopic (exact) mass is 419 g/mol. The Morgan fingerprint density at radius 3 is 2.58 bits per heavy atom. The molecule has 0 bridgehead atoms. The Labute approximate surface area is 187 Å². The molecule has 1 heterocycles. The highest BCUT2D eigenvalue weighted by Gasteiger charge is 2.22. The van der Waals surface area contributed by atoms with Crippen LogP contribution in [0.25, 0.3) is 10.9 Å². The van der Waals surface area contributed by atoms with Gasteiger partial charge in [-0.15, -0.1) is 0 Å². The fourth-order valence-corrected chi connectivity index (χ4v) is 4.17. The molecule has 166 valence electrons. The molecule has 1 aliphatic rings. The summed E-state index contributed by atoms with van der Waals surface area (Å²) in [4.78, 5) is 11.6. The number of nitrogens with one attached hydrogen (secondary N) is 2. The molecule has 31 heavy (non-hydrogen) atoms. The lowest BCUT2D eigenvalue weighted by molar-refractivity contribution is 0.327. The van der Waals surface area contributed by atoms with Gasteiger partial charge >= 0.3 is 0 Å².